The minimum atomic E-state index is 0.234. The summed E-state index contributed by atoms with van der Waals surface area (Å²) in [6, 6.07) is 10.5. The maximum Gasteiger partial charge on any atom is 0.223 e. The number of alkyl halides is 1. The first kappa shape index (κ1) is 12.0. The number of carbonyl (C=O) groups is 1. The zero-order valence-electron chi connectivity index (χ0n) is 9.93. The molecule has 18 heavy (non-hydrogen) atoms. The van der Waals surface area contributed by atoms with Crippen molar-refractivity contribution in [1.82, 2.24) is 4.90 Å². The molecule has 2 aromatic rings. The highest BCUT2D eigenvalue weighted by Crippen LogP contribution is 2.28. The molecule has 0 spiro atoms. The summed E-state index contributed by atoms with van der Waals surface area (Å²) < 4.78 is 1.29. The van der Waals surface area contributed by atoms with Gasteiger partial charge in [-0.05, 0) is 23.4 Å². The van der Waals surface area contributed by atoms with Gasteiger partial charge in [0.25, 0.3) is 0 Å². The van der Waals surface area contributed by atoms with Crippen molar-refractivity contribution < 1.29 is 4.79 Å². The fourth-order valence-corrected chi connectivity index (χ4v) is 3.70. The second-order valence-electron chi connectivity index (χ2n) is 4.75. The number of carbonyl (C=O) groups excluding carboxylic acids is 1. The number of hydrogen-bond donors (Lipinski definition) is 0. The van der Waals surface area contributed by atoms with Crippen molar-refractivity contribution in [1.29, 1.82) is 0 Å². The van der Waals surface area contributed by atoms with E-state index < -0.39 is 0 Å². The number of hydrogen-bond acceptors (Lipinski definition) is 2. The van der Waals surface area contributed by atoms with Gasteiger partial charge in [0, 0.05) is 28.4 Å². The Balaban J connectivity index is 1.78. The Hall–Kier alpha value is -1.06. The van der Waals surface area contributed by atoms with Gasteiger partial charge in [0.15, 0.2) is 0 Å². The maximum atomic E-state index is 11.8. The van der Waals surface area contributed by atoms with Crippen LogP contribution in [0.5, 0.6) is 0 Å². The SMILES string of the molecule is O=C1CC(CCl)CN1Cc1cc2ccccc2s1. The van der Waals surface area contributed by atoms with E-state index in [2.05, 4.69) is 18.2 Å². The van der Waals surface area contributed by atoms with Gasteiger partial charge in [-0.2, -0.15) is 0 Å². The molecule has 4 heteroatoms. The van der Waals surface area contributed by atoms with E-state index >= 15 is 0 Å². The van der Waals surface area contributed by atoms with E-state index in [9.17, 15) is 4.79 Å². The Labute approximate surface area is 115 Å². The topological polar surface area (TPSA) is 20.3 Å². The number of likely N-dealkylation sites (tertiary alicyclic amines) is 1. The zero-order valence-corrected chi connectivity index (χ0v) is 11.5. The van der Waals surface area contributed by atoms with E-state index in [1.807, 2.05) is 17.0 Å². The molecule has 1 amide bonds. The number of amides is 1. The summed E-state index contributed by atoms with van der Waals surface area (Å²) >= 11 is 7.60. The number of benzene rings is 1. The quantitative estimate of drug-likeness (QED) is 0.788. The molecule has 0 saturated carbocycles. The summed E-state index contributed by atoms with van der Waals surface area (Å²) in [5.41, 5.74) is 0. The van der Waals surface area contributed by atoms with E-state index in [1.54, 1.807) is 11.3 Å². The van der Waals surface area contributed by atoms with Crippen LogP contribution in [0.15, 0.2) is 30.3 Å². The van der Waals surface area contributed by atoms with Crippen LogP contribution in [0, 0.1) is 5.92 Å². The van der Waals surface area contributed by atoms with E-state index in [-0.39, 0.29) is 5.91 Å². The molecule has 1 saturated heterocycles. The number of fused-ring (bicyclic) bond motifs is 1. The highest BCUT2D eigenvalue weighted by atomic mass is 35.5. The summed E-state index contributed by atoms with van der Waals surface area (Å²) in [5, 5.41) is 1.26. The second kappa shape index (κ2) is 4.90. The Morgan fingerprint density at radius 3 is 2.94 bits per heavy atom. The van der Waals surface area contributed by atoms with Crippen molar-refractivity contribution in [3.8, 4) is 0 Å². The van der Waals surface area contributed by atoms with Gasteiger partial charge in [-0.25, -0.2) is 0 Å². The molecule has 1 aliphatic heterocycles. The van der Waals surface area contributed by atoms with Gasteiger partial charge in [-0.3, -0.25) is 4.79 Å². The molecule has 1 fully saturated rings. The molecule has 1 aromatic heterocycles. The largest absolute Gasteiger partial charge is 0.337 e. The first-order chi connectivity index (χ1) is 8.76. The molecule has 94 valence electrons. The molecule has 2 heterocycles. The van der Waals surface area contributed by atoms with Gasteiger partial charge in [0.05, 0.1) is 6.54 Å². The minimum Gasteiger partial charge on any atom is -0.337 e. The van der Waals surface area contributed by atoms with Crippen LogP contribution in [-0.2, 0) is 11.3 Å². The molecular formula is C14H14ClNOS. The van der Waals surface area contributed by atoms with Crippen molar-refractivity contribution in [3.05, 3.63) is 35.2 Å². The highest BCUT2D eigenvalue weighted by molar-refractivity contribution is 7.19. The number of thiophene rings is 1. The van der Waals surface area contributed by atoms with Crippen molar-refractivity contribution in [3.63, 3.8) is 0 Å². The Kier molecular flexibility index (Phi) is 3.27. The van der Waals surface area contributed by atoms with Crippen LogP contribution in [0.2, 0.25) is 0 Å². The molecule has 1 aliphatic rings. The summed E-state index contributed by atoms with van der Waals surface area (Å²) in [4.78, 5) is 15.0. The molecule has 0 aliphatic carbocycles. The fourth-order valence-electron chi connectivity index (χ4n) is 2.41. The van der Waals surface area contributed by atoms with Gasteiger partial charge < -0.3 is 4.90 Å². The third-order valence-corrected chi connectivity index (χ3v) is 4.87. The van der Waals surface area contributed by atoms with E-state index in [1.165, 1.54) is 15.0 Å². The lowest BCUT2D eigenvalue weighted by atomic mass is 10.1. The average molecular weight is 280 g/mol. The molecule has 0 N–H and O–H groups in total. The van der Waals surface area contributed by atoms with Crippen molar-refractivity contribution >= 4 is 38.9 Å². The molecule has 2 nitrogen and oxygen atoms in total. The number of rotatable bonds is 3. The van der Waals surface area contributed by atoms with Crippen LogP contribution in [0.25, 0.3) is 10.1 Å². The molecule has 1 atom stereocenters. The Morgan fingerprint density at radius 2 is 2.22 bits per heavy atom. The number of halogens is 1. The van der Waals surface area contributed by atoms with Gasteiger partial charge >= 0.3 is 0 Å². The molecule has 0 bridgehead atoms. The third kappa shape index (κ3) is 2.25. The molecule has 1 aromatic carbocycles. The summed E-state index contributed by atoms with van der Waals surface area (Å²) in [5.74, 6) is 1.14. The van der Waals surface area contributed by atoms with Crippen LogP contribution in [-0.4, -0.2) is 23.2 Å². The van der Waals surface area contributed by atoms with Crippen LogP contribution >= 0.6 is 22.9 Å². The Bertz CT molecular complexity index is 547. The highest BCUT2D eigenvalue weighted by Gasteiger charge is 2.28. The molecule has 3 rings (SSSR count). The standard InChI is InChI=1S/C14H14ClNOS/c15-7-10-5-14(17)16(8-10)9-12-6-11-3-1-2-4-13(11)18-12/h1-4,6,10H,5,7-9H2. The lowest BCUT2D eigenvalue weighted by Crippen LogP contribution is -2.24. The molecule has 1 unspecified atom stereocenters. The predicted octanol–water partition coefficient (Wildman–Crippen LogP) is 3.49. The second-order valence-corrected chi connectivity index (χ2v) is 6.23. The zero-order chi connectivity index (χ0) is 12.5. The Morgan fingerprint density at radius 1 is 1.39 bits per heavy atom. The molecular weight excluding hydrogens is 266 g/mol. The van der Waals surface area contributed by atoms with E-state index in [0.29, 0.717) is 18.2 Å². The maximum absolute atomic E-state index is 11.8. The smallest absolute Gasteiger partial charge is 0.223 e. The fraction of sp³-hybridized carbons (Fsp3) is 0.357. The summed E-state index contributed by atoms with van der Waals surface area (Å²) in [7, 11) is 0. The van der Waals surface area contributed by atoms with Gasteiger partial charge in [0.1, 0.15) is 0 Å². The van der Waals surface area contributed by atoms with Gasteiger partial charge in [0.2, 0.25) is 5.91 Å². The average Bonchev–Trinajstić information content (AvgIpc) is 2.93. The monoisotopic (exact) mass is 279 g/mol. The van der Waals surface area contributed by atoms with E-state index in [4.69, 9.17) is 11.6 Å². The minimum absolute atomic E-state index is 0.234. The van der Waals surface area contributed by atoms with Crippen molar-refractivity contribution in [2.45, 2.75) is 13.0 Å². The van der Waals surface area contributed by atoms with Crippen LogP contribution in [0.1, 0.15) is 11.3 Å². The number of nitrogens with zero attached hydrogens (tertiary/aromatic N) is 1. The summed E-state index contributed by atoms with van der Waals surface area (Å²) in [6.45, 7) is 1.53. The van der Waals surface area contributed by atoms with Crippen molar-refractivity contribution in [2.75, 3.05) is 12.4 Å². The third-order valence-electron chi connectivity index (χ3n) is 3.34. The predicted molar refractivity (Wildman–Crippen MR) is 76.1 cm³/mol. The van der Waals surface area contributed by atoms with Gasteiger partial charge in [-0.1, -0.05) is 18.2 Å². The normalized spacial score (nSPS) is 19.9. The lowest BCUT2D eigenvalue weighted by Gasteiger charge is -2.14. The van der Waals surface area contributed by atoms with Crippen LogP contribution < -0.4 is 0 Å². The van der Waals surface area contributed by atoms with Crippen molar-refractivity contribution in [2.24, 2.45) is 5.92 Å². The van der Waals surface area contributed by atoms with Crippen LogP contribution in [0.4, 0.5) is 0 Å². The first-order valence-electron chi connectivity index (χ1n) is 6.07. The van der Waals surface area contributed by atoms with E-state index in [0.717, 1.165) is 13.1 Å². The van der Waals surface area contributed by atoms with Gasteiger partial charge in [-0.15, -0.1) is 22.9 Å². The lowest BCUT2D eigenvalue weighted by molar-refractivity contribution is -0.128. The van der Waals surface area contributed by atoms with Crippen LogP contribution in [0.3, 0.4) is 0 Å². The first-order valence-corrected chi connectivity index (χ1v) is 7.42. The molecule has 0 radical (unpaired) electrons. The summed E-state index contributed by atoms with van der Waals surface area (Å²) in [6.07, 6.45) is 0.606.